The molecule has 22 heavy (non-hydrogen) atoms. The number of aromatic hydroxyl groups is 1. The van der Waals surface area contributed by atoms with E-state index in [2.05, 4.69) is 26.5 Å². The Kier molecular flexibility index (Phi) is 5.69. The fourth-order valence-corrected chi connectivity index (χ4v) is 2.95. The summed E-state index contributed by atoms with van der Waals surface area (Å²) in [5, 5.41) is 14.4. The molecule has 0 bridgehead atoms. The number of rotatable bonds is 3. The van der Waals surface area contributed by atoms with Gasteiger partial charge in [0.2, 0.25) is 0 Å². The van der Waals surface area contributed by atoms with E-state index in [1.807, 2.05) is 0 Å². The van der Waals surface area contributed by atoms with Gasteiger partial charge in [-0.15, -0.1) is 0 Å². The molecular formula is C14H8BrCl3N2O2. The van der Waals surface area contributed by atoms with E-state index in [-0.39, 0.29) is 16.3 Å². The third-order valence-corrected chi connectivity index (χ3v) is 3.73. The molecule has 0 aromatic heterocycles. The highest BCUT2D eigenvalue weighted by atomic mass is 79.9. The molecule has 0 saturated carbocycles. The fourth-order valence-electron chi connectivity index (χ4n) is 1.59. The van der Waals surface area contributed by atoms with Crippen LogP contribution >= 0.6 is 50.7 Å². The highest BCUT2D eigenvalue weighted by Gasteiger charge is 2.08. The Morgan fingerprint density at radius 1 is 1.14 bits per heavy atom. The Morgan fingerprint density at radius 2 is 1.77 bits per heavy atom. The zero-order chi connectivity index (χ0) is 16.3. The maximum Gasteiger partial charge on any atom is 0.271 e. The molecule has 0 radical (unpaired) electrons. The smallest absolute Gasteiger partial charge is 0.271 e. The van der Waals surface area contributed by atoms with Crippen molar-refractivity contribution in [3.63, 3.8) is 0 Å². The first-order valence-electron chi connectivity index (χ1n) is 5.84. The van der Waals surface area contributed by atoms with Crippen molar-refractivity contribution in [3.8, 4) is 5.75 Å². The van der Waals surface area contributed by atoms with Crippen LogP contribution in [0.15, 0.2) is 39.9 Å². The molecule has 0 spiro atoms. The van der Waals surface area contributed by atoms with E-state index in [9.17, 15) is 9.90 Å². The highest BCUT2D eigenvalue weighted by Crippen LogP contribution is 2.30. The maximum atomic E-state index is 11.9. The number of benzene rings is 2. The maximum absolute atomic E-state index is 11.9. The molecule has 2 rings (SSSR count). The van der Waals surface area contributed by atoms with Crippen LogP contribution in [0, 0.1) is 0 Å². The molecule has 8 heteroatoms. The second-order valence-electron chi connectivity index (χ2n) is 4.18. The predicted octanol–water partition coefficient (Wildman–Crippen LogP) is 4.88. The Hall–Kier alpha value is -1.27. The number of nitrogens with zero attached hydrogens (tertiary/aromatic N) is 1. The number of phenols is 1. The van der Waals surface area contributed by atoms with Gasteiger partial charge in [0.1, 0.15) is 5.75 Å². The van der Waals surface area contributed by atoms with Crippen LogP contribution in [0.4, 0.5) is 0 Å². The topological polar surface area (TPSA) is 61.7 Å². The van der Waals surface area contributed by atoms with Crippen molar-refractivity contribution >= 4 is 62.9 Å². The van der Waals surface area contributed by atoms with Crippen LogP contribution in [0.2, 0.25) is 15.1 Å². The van der Waals surface area contributed by atoms with E-state index in [1.165, 1.54) is 24.4 Å². The van der Waals surface area contributed by atoms with Crippen LogP contribution in [-0.4, -0.2) is 17.2 Å². The van der Waals surface area contributed by atoms with Crippen LogP contribution in [0.1, 0.15) is 15.9 Å². The molecule has 0 heterocycles. The number of carbonyl (C=O) groups is 1. The van der Waals surface area contributed by atoms with E-state index in [4.69, 9.17) is 34.8 Å². The lowest BCUT2D eigenvalue weighted by atomic mass is 10.2. The van der Waals surface area contributed by atoms with E-state index >= 15 is 0 Å². The fraction of sp³-hybridized carbons (Fsp3) is 0. The number of hydrazone groups is 1. The quantitative estimate of drug-likeness (QED) is 0.547. The summed E-state index contributed by atoms with van der Waals surface area (Å²) in [5.74, 6) is -0.616. The van der Waals surface area contributed by atoms with Crippen molar-refractivity contribution in [3.05, 3.63) is 61.0 Å². The Balaban J connectivity index is 2.14. The first-order chi connectivity index (χ1) is 10.4. The number of nitrogens with one attached hydrogen (secondary N) is 1. The van der Waals surface area contributed by atoms with Crippen LogP contribution in [0.3, 0.4) is 0 Å². The van der Waals surface area contributed by atoms with Gasteiger partial charge in [-0.05, 0) is 30.3 Å². The van der Waals surface area contributed by atoms with Crippen molar-refractivity contribution in [1.29, 1.82) is 0 Å². The van der Waals surface area contributed by atoms with Crippen LogP contribution in [0.25, 0.3) is 0 Å². The predicted molar refractivity (Wildman–Crippen MR) is 92.3 cm³/mol. The zero-order valence-corrected chi connectivity index (χ0v) is 14.6. The molecule has 4 nitrogen and oxygen atoms in total. The molecule has 0 aliphatic carbocycles. The van der Waals surface area contributed by atoms with Gasteiger partial charge in [0.25, 0.3) is 5.91 Å². The third kappa shape index (κ3) is 4.36. The largest absolute Gasteiger partial charge is 0.506 e. The standard InChI is InChI=1S/C14H8BrCl3N2O2/c15-9-1-8(13(21)12(18)4-9)6-19-20-14(22)7-2-10(16)5-11(17)3-7/h1-6,21H,(H,20,22)/b19-6+. The molecule has 2 N–H and O–H groups in total. The van der Waals surface area contributed by atoms with Crippen LogP contribution < -0.4 is 5.43 Å². The van der Waals surface area contributed by atoms with Gasteiger partial charge < -0.3 is 5.11 Å². The molecular weight excluding hydrogens is 414 g/mol. The molecule has 0 fully saturated rings. The van der Waals surface area contributed by atoms with Gasteiger partial charge >= 0.3 is 0 Å². The van der Waals surface area contributed by atoms with Gasteiger partial charge in [-0.1, -0.05) is 50.7 Å². The van der Waals surface area contributed by atoms with E-state index in [0.29, 0.717) is 20.1 Å². The molecule has 1 amide bonds. The lowest BCUT2D eigenvalue weighted by Gasteiger charge is -2.04. The monoisotopic (exact) mass is 420 g/mol. The number of hydrogen-bond acceptors (Lipinski definition) is 3. The van der Waals surface area contributed by atoms with Crippen molar-refractivity contribution in [2.75, 3.05) is 0 Å². The summed E-state index contributed by atoms with van der Waals surface area (Å²) in [6.45, 7) is 0. The average Bonchev–Trinajstić information content (AvgIpc) is 2.42. The van der Waals surface area contributed by atoms with E-state index < -0.39 is 5.91 Å². The molecule has 114 valence electrons. The lowest BCUT2D eigenvalue weighted by Crippen LogP contribution is -2.17. The van der Waals surface area contributed by atoms with Crippen molar-refractivity contribution in [1.82, 2.24) is 5.43 Å². The molecule has 2 aromatic rings. The molecule has 0 aliphatic heterocycles. The summed E-state index contributed by atoms with van der Waals surface area (Å²) in [7, 11) is 0. The van der Waals surface area contributed by atoms with Gasteiger partial charge in [0, 0.05) is 25.6 Å². The number of phenolic OH excluding ortho intramolecular Hbond substituents is 1. The van der Waals surface area contributed by atoms with Crippen LogP contribution in [0.5, 0.6) is 5.75 Å². The van der Waals surface area contributed by atoms with Gasteiger partial charge in [-0.25, -0.2) is 5.43 Å². The van der Waals surface area contributed by atoms with Crippen molar-refractivity contribution in [2.45, 2.75) is 0 Å². The number of amides is 1. The van der Waals surface area contributed by atoms with E-state index in [1.54, 1.807) is 12.1 Å². The summed E-state index contributed by atoms with van der Waals surface area (Å²) in [4.78, 5) is 11.9. The minimum atomic E-state index is -0.485. The molecule has 0 saturated heterocycles. The zero-order valence-electron chi connectivity index (χ0n) is 10.8. The minimum absolute atomic E-state index is 0.131. The molecule has 0 unspecified atom stereocenters. The summed E-state index contributed by atoms with van der Waals surface area (Å²) in [6.07, 6.45) is 1.27. The van der Waals surface area contributed by atoms with Gasteiger partial charge in [0.15, 0.2) is 0 Å². The van der Waals surface area contributed by atoms with Gasteiger partial charge in [0.05, 0.1) is 11.2 Å². The number of hydrogen-bond donors (Lipinski definition) is 2. The first kappa shape index (κ1) is 17.1. The molecule has 0 atom stereocenters. The van der Waals surface area contributed by atoms with Crippen LogP contribution in [-0.2, 0) is 0 Å². The Morgan fingerprint density at radius 3 is 2.41 bits per heavy atom. The first-order valence-corrected chi connectivity index (χ1v) is 7.77. The highest BCUT2D eigenvalue weighted by molar-refractivity contribution is 9.10. The SMILES string of the molecule is O=C(N/N=C/c1cc(Br)cc(Cl)c1O)c1cc(Cl)cc(Cl)c1. The summed E-state index contributed by atoms with van der Waals surface area (Å²) < 4.78 is 0.671. The minimum Gasteiger partial charge on any atom is -0.506 e. The summed E-state index contributed by atoms with van der Waals surface area (Å²) in [6, 6.07) is 7.59. The Labute approximate surface area is 149 Å². The van der Waals surface area contributed by atoms with Gasteiger partial charge in [-0.2, -0.15) is 5.10 Å². The number of carbonyl (C=O) groups excluding carboxylic acids is 1. The second kappa shape index (κ2) is 7.33. The van der Waals surface area contributed by atoms with Crippen molar-refractivity contribution < 1.29 is 9.90 Å². The second-order valence-corrected chi connectivity index (χ2v) is 6.38. The summed E-state index contributed by atoms with van der Waals surface area (Å²) in [5.41, 5.74) is 2.93. The lowest BCUT2D eigenvalue weighted by molar-refractivity contribution is 0.0955. The average molecular weight is 422 g/mol. The van der Waals surface area contributed by atoms with E-state index in [0.717, 1.165) is 0 Å². The molecule has 2 aromatic carbocycles. The van der Waals surface area contributed by atoms with Gasteiger partial charge in [-0.3, -0.25) is 4.79 Å². The third-order valence-electron chi connectivity index (χ3n) is 2.55. The van der Waals surface area contributed by atoms with Crippen molar-refractivity contribution in [2.24, 2.45) is 5.10 Å². The molecule has 0 aliphatic rings. The normalized spacial score (nSPS) is 10.9. The number of halogens is 4. The summed E-state index contributed by atoms with van der Waals surface area (Å²) >= 11 is 20.7. The Bertz CT molecular complexity index is 746.